The van der Waals surface area contributed by atoms with Gasteiger partial charge in [0, 0.05) is 6.07 Å². The third-order valence-electron chi connectivity index (χ3n) is 4.15. The Morgan fingerprint density at radius 3 is 2.00 bits per heavy atom. The SMILES string of the molecule is CCCCCCCCCCOc1ccc([N+](=O)[O-])cc1OCCCC. The molecule has 1 aromatic rings. The van der Waals surface area contributed by atoms with E-state index in [0.29, 0.717) is 24.7 Å². The van der Waals surface area contributed by atoms with E-state index in [2.05, 4.69) is 13.8 Å². The molecule has 0 saturated heterocycles. The fourth-order valence-electron chi connectivity index (χ4n) is 2.59. The zero-order valence-corrected chi connectivity index (χ0v) is 15.8. The van der Waals surface area contributed by atoms with Gasteiger partial charge in [0.05, 0.1) is 24.2 Å². The molecular formula is C20H33NO4. The molecule has 0 aliphatic rings. The smallest absolute Gasteiger partial charge is 0.273 e. The Balaban J connectivity index is 2.36. The standard InChI is InChI=1S/C20H33NO4/c1-3-5-7-8-9-10-11-12-16-24-19-14-13-18(21(22)23)17-20(19)25-15-6-4-2/h13-14,17H,3-12,15-16H2,1-2H3. The van der Waals surface area contributed by atoms with Gasteiger partial charge in [-0.25, -0.2) is 0 Å². The van der Waals surface area contributed by atoms with Crippen LogP contribution in [0.4, 0.5) is 5.69 Å². The molecule has 0 amide bonds. The van der Waals surface area contributed by atoms with Gasteiger partial charge in [0.2, 0.25) is 0 Å². The number of benzene rings is 1. The van der Waals surface area contributed by atoms with Gasteiger partial charge < -0.3 is 9.47 Å². The first-order chi connectivity index (χ1) is 12.2. The van der Waals surface area contributed by atoms with E-state index < -0.39 is 4.92 Å². The lowest BCUT2D eigenvalue weighted by atomic mass is 10.1. The Kier molecular flexibility index (Phi) is 11.5. The summed E-state index contributed by atoms with van der Waals surface area (Å²) in [5.74, 6) is 1.08. The molecule has 0 unspecified atom stereocenters. The molecule has 0 heterocycles. The van der Waals surface area contributed by atoms with Gasteiger partial charge in [0.15, 0.2) is 11.5 Å². The first-order valence-electron chi connectivity index (χ1n) is 9.73. The molecule has 25 heavy (non-hydrogen) atoms. The summed E-state index contributed by atoms with van der Waals surface area (Å²) < 4.78 is 11.5. The highest BCUT2D eigenvalue weighted by Gasteiger charge is 2.13. The predicted octanol–water partition coefficient (Wildman–Crippen LogP) is 6.29. The number of rotatable bonds is 15. The van der Waals surface area contributed by atoms with Gasteiger partial charge in [-0.15, -0.1) is 0 Å². The largest absolute Gasteiger partial charge is 0.490 e. The highest BCUT2D eigenvalue weighted by molar-refractivity contribution is 5.48. The number of ether oxygens (including phenoxy) is 2. The van der Waals surface area contributed by atoms with E-state index in [9.17, 15) is 10.1 Å². The summed E-state index contributed by atoms with van der Waals surface area (Å²) in [4.78, 5) is 10.5. The average molecular weight is 351 g/mol. The minimum atomic E-state index is -0.408. The van der Waals surface area contributed by atoms with Gasteiger partial charge in [-0.1, -0.05) is 65.2 Å². The van der Waals surface area contributed by atoms with Gasteiger partial charge in [-0.3, -0.25) is 10.1 Å². The molecule has 0 fully saturated rings. The van der Waals surface area contributed by atoms with Crippen LogP contribution < -0.4 is 9.47 Å². The summed E-state index contributed by atoms with van der Waals surface area (Å²) in [7, 11) is 0. The van der Waals surface area contributed by atoms with Crippen LogP contribution in [0.5, 0.6) is 11.5 Å². The van der Waals surface area contributed by atoms with Crippen LogP contribution in [0.2, 0.25) is 0 Å². The second-order valence-electron chi connectivity index (χ2n) is 6.41. The Labute approximate surface area is 151 Å². The normalized spacial score (nSPS) is 10.6. The molecule has 0 aliphatic heterocycles. The number of hydrogen-bond donors (Lipinski definition) is 0. The van der Waals surface area contributed by atoms with Gasteiger partial charge in [-0.05, 0) is 18.9 Å². The summed E-state index contributed by atoms with van der Waals surface area (Å²) in [6, 6.07) is 4.57. The van der Waals surface area contributed by atoms with Crippen molar-refractivity contribution in [3.05, 3.63) is 28.3 Å². The van der Waals surface area contributed by atoms with Gasteiger partial charge in [0.25, 0.3) is 5.69 Å². The lowest BCUT2D eigenvalue weighted by Crippen LogP contribution is -2.03. The number of unbranched alkanes of at least 4 members (excludes halogenated alkanes) is 8. The van der Waals surface area contributed by atoms with Crippen molar-refractivity contribution in [1.29, 1.82) is 0 Å². The number of non-ortho nitro benzene ring substituents is 1. The molecule has 0 radical (unpaired) electrons. The summed E-state index contributed by atoms with van der Waals surface area (Å²) in [6.07, 6.45) is 11.9. The Bertz CT molecular complexity index is 491. The number of hydrogen-bond acceptors (Lipinski definition) is 4. The fourth-order valence-corrected chi connectivity index (χ4v) is 2.59. The Morgan fingerprint density at radius 1 is 0.800 bits per heavy atom. The summed E-state index contributed by atoms with van der Waals surface area (Å²) in [5.41, 5.74) is 0.0333. The van der Waals surface area contributed by atoms with Gasteiger partial charge in [-0.2, -0.15) is 0 Å². The van der Waals surface area contributed by atoms with Crippen molar-refractivity contribution in [2.24, 2.45) is 0 Å². The molecule has 0 atom stereocenters. The summed E-state index contributed by atoms with van der Waals surface area (Å²) in [5, 5.41) is 10.9. The van der Waals surface area contributed by atoms with Crippen molar-refractivity contribution in [3.63, 3.8) is 0 Å². The molecule has 5 nitrogen and oxygen atoms in total. The van der Waals surface area contributed by atoms with Crippen LogP contribution in [0.1, 0.15) is 78.1 Å². The van der Waals surface area contributed by atoms with Crippen molar-refractivity contribution in [3.8, 4) is 11.5 Å². The summed E-state index contributed by atoms with van der Waals surface area (Å²) >= 11 is 0. The molecule has 0 aliphatic carbocycles. The van der Waals surface area contributed by atoms with Crippen molar-refractivity contribution >= 4 is 5.69 Å². The second-order valence-corrected chi connectivity index (χ2v) is 6.41. The zero-order chi connectivity index (χ0) is 18.3. The molecular weight excluding hydrogens is 318 g/mol. The van der Waals surface area contributed by atoms with Crippen LogP contribution in [-0.4, -0.2) is 18.1 Å². The third-order valence-corrected chi connectivity index (χ3v) is 4.15. The zero-order valence-electron chi connectivity index (χ0n) is 15.8. The molecule has 1 aromatic carbocycles. The van der Waals surface area contributed by atoms with Crippen LogP contribution in [0.25, 0.3) is 0 Å². The van der Waals surface area contributed by atoms with E-state index in [1.807, 2.05) is 0 Å². The minimum absolute atomic E-state index is 0.0333. The topological polar surface area (TPSA) is 61.6 Å². The highest BCUT2D eigenvalue weighted by Crippen LogP contribution is 2.31. The first-order valence-corrected chi connectivity index (χ1v) is 9.73. The maximum Gasteiger partial charge on any atom is 0.273 e. The maximum absolute atomic E-state index is 10.9. The van der Waals surface area contributed by atoms with Crippen molar-refractivity contribution in [2.45, 2.75) is 78.1 Å². The summed E-state index contributed by atoms with van der Waals surface area (Å²) in [6.45, 7) is 5.48. The monoisotopic (exact) mass is 351 g/mol. The Morgan fingerprint density at radius 2 is 1.36 bits per heavy atom. The maximum atomic E-state index is 10.9. The van der Waals surface area contributed by atoms with Gasteiger partial charge >= 0.3 is 0 Å². The van der Waals surface area contributed by atoms with Crippen LogP contribution in [0.15, 0.2) is 18.2 Å². The van der Waals surface area contributed by atoms with E-state index in [1.165, 1.54) is 50.7 Å². The van der Waals surface area contributed by atoms with Crippen LogP contribution >= 0.6 is 0 Å². The molecule has 0 bridgehead atoms. The fraction of sp³-hybridized carbons (Fsp3) is 0.700. The van der Waals surface area contributed by atoms with E-state index in [1.54, 1.807) is 6.07 Å². The lowest BCUT2D eigenvalue weighted by Gasteiger charge is -2.12. The highest BCUT2D eigenvalue weighted by atomic mass is 16.6. The van der Waals surface area contributed by atoms with Crippen LogP contribution in [0.3, 0.4) is 0 Å². The van der Waals surface area contributed by atoms with Crippen LogP contribution in [0, 0.1) is 10.1 Å². The van der Waals surface area contributed by atoms with E-state index in [-0.39, 0.29) is 5.69 Å². The molecule has 1 rings (SSSR count). The van der Waals surface area contributed by atoms with Crippen molar-refractivity contribution in [2.75, 3.05) is 13.2 Å². The average Bonchev–Trinajstić information content (AvgIpc) is 2.61. The quantitative estimate of drug-likeness (QED) is 0.211. The predicted molar refractivity (Wildman–Crippen MR) is 102 cm³/mol. The minimum Gasteiger partial charge on any atom is -0.490 e. The lowest BCUT2D eigenvalue weighted by molar-refractivity contribution is -0.385. The van der Waals surface area contributed by atoms with Crippen molar-refractivity contribution < 1.29 is 14.4 Å². The number of nitrogens with zero attached hydrogens (tertiary/aromatic N) is 1. The number of nitro groups is 1. The molecule has 0 spiro atoms. The molecule has 0 N–H and O–H groups in total. The third kappa shape index (κ3) is 9.32. The van der Waals surface area contributed by atoms with E-state index in [0.717, 1.165) is 25.7 Å². The first kappa shape index (κ1) is 21.3. The number of nitro benzene ring substituents is 1. The van der Waals surface area contributed by atoms with Crippen LogP contribution in [-0.2, 0) is 0 Å². The molecule has 0 saturated carbocycles. The van der Waals surface area contributed by atoms with E-state index in [4.69, 9.17) is 9.47 Å². The van der Waals surface area contributed by atoms with Crippen molar-refractivity contribution in [1.82, 2.24) is 0 Å². The van der Waals surface area contributed by atoms with Gasteiger partial charge in [0.1, 0.15) is 0 Å². The Hall–Kier alpha value is -1.78. The molecule has 142 valence electrons. The second kappa shape index (κ2) is 13.5. The van der Waals surface area contributed by atoms with E-state index >= 15 is 0 Å². The molecule has 0 aromatic heterocycles. The molecule has 5 heteroatoms.